The standard InChI is InChI=1S/C13H20N4O/c1-17(2)8-7-14-11-5-6-12(15-9-11)13(18)16-10-3-4-10/h5-6,9-10,14H,3-4,7-8H2,1-2H3,(H,16,18). The van der Waals surface area contributed by atoms with Crippen molar-refractivity contribution >= 4 is 11.6 Å². The van der Waals surface area contributed by atoms with Crippen LogP contribution in [0.15, 0.2) is 18.3 Å². The van der Waals surface area contributed by atoms with Gasteiger partial charge in [0.15, 0.2) is 0 Å². The highest BCUT2D eigenvalue weighted by Gasteiger charge is 2.24. The zero-order valence-corrected chi connectivity index (χ0v) is 10.9. The molecular weight excluding hydrogens is 228 g/mol. The lowest BCUT2D eigenvalue weighted by molar-refractivity contribution is 0.0946. The predicted molar refractivity (Wildman–Crippen MR) is 71.8 cm³/mol. The summed E-state index contributed by atoms with van der Waals surface area (Å²) in [6, 6.07) is 4.03. The lowest BCUT2D eigenvalue weighted by Crippen LogP contribution is -2.26. The largest absolute Gasteiger partial charge is 0.383 e. The molecule has 98 valence electrons. The fourth-order valence-corrected chi connectivity index (χ4v) is 1.54. The lowest BCUT2D eigenvalue weighted by Gasteiger charge is -2.11. The van der Waals surface area contributed by atoms with Crippen molar-refractivity contribution in [3.05, 3.63) is 24.0 Å². The fourth-order valence-electron chi connectivity index (χ4n) is 1.54. The predicted octanol–water partition coefficient (Wildman–Crippen LogP) is 0.947. The van der Waals surface area contributed by atoms with Crippen molar-refractivity contribution in [1.82, 2.24) is 15.2 Å². The van der Waals surface area contributed by atoms with E-state index in [9.17, 15) is 4.79 Å². The number of nitrogens with one attached hydrogen (secondary N) is 2. The summed E-state index contributed by atoms with van der Waals surface area (Å²) in [5, 5.41) is 6.18. The maximum Gasteiger partial charge on any atom is 0.270 e. The molecule has 1 aromatic heterocycles. The molecule has 0 atom stereocenters. The van der Waals surface area contributed by atoms with Gasteiger partial charge >= 0.3 is 0 Å². The van der Waals surface area contributed by atoms with Crippen LogP contribution in [-0.2, 0) is 0 Å². The van der Waals surface area contributed by atoms with Crippen molar-refractivity contribution in [1.29, 1.82) is 0 Å². The van der Waals surface area contributed by atoms with Gasteiger partial charge in [0, 0.05) is 19.1 Å². The summed E-state index contributed by atoms with van der Waals surface area (Å²) >= 11 is 0. The van der Waals surface area contributed by atoms with Crippen molar-refractivity contribution in [3.63, 3.8) is 0 Å². The van der Waals surface area contributed by atoms with Crippen LogP contribution >= 0.6 is 0 Å². The molecule has 0 unspecified atom stereocenters. The third kappa shape index (κ3) is 4.00. The molecule has 2 N–H and O–H groups in total. The quantitative estimate of drug-likeness (QED) is 0.787. The molecule has 1 amide bonds. The van der Waals surface area contributed by atoms with Gasteiger partial charge in [-0.3, -0.25) is 4.79 Å². The molecule has 1 saturated carbocycles. The smallest absolute Gasteiger partial charge is 0.270 e. The van der Waals surface area contributed by atoms with Crippen LogP contribution in [0.2, 0.25) is 0 Å². The van der Waals surface area contributed by atoms with Crippen LogP contribution in [0.1, 0.15) is 23.3 Å². The Bertz CT molecular complexity index is 398. The second kappa shape index (κ2) is 5.82. The fraction of sp³-hybridized carbons (Fsp3) is 0.538. The summed E-state index contributed by atoms with van der Waals surface area (Å²) in [4.78, 5) is 18.0. The molecule has 5 heteroatoms. The number of pyridine rings is 1. The second-order valence-electron chi connectivity index (χ2n) is 4.91. The van der Waals surface area contributed by atoms with Crippen LogP contribution in [0.5, 0.6) is 0 Å². The average Bonchev–Trinajstić information content (AvgIpc) is 3.13. The van der Waals surface area contributed by atoms with Crippen LogP contribution < -0.4 is 10.6 Å². The zero-order valence-electron chi connectivity index (χ0n) is 10.9. The number of hydrogen-bond acceptors (Lipinski definition) is 4. The van der Waals surface area contributed by atoms with Crippen molar-refractivity contribution in [2.45, 2.75) is 18.9 Å². The van der Waals surface area contributed by atoms with Crippen LogP contribution in [0, 0.1) is 0 Å². The van der Waals surface area contributed by atoms with E-state index in [-0.39, 0.29) is 5.91 Å². The number of aromatic nitrogens is 1. The summed E-state index contributed by atoms with van der Waals surface area (Å²) in [6.45, 7) is 1.83. The van der Waals surface area contributed by atoms with E-state index < -0.39 is 0 Å². The van der Waals surface area contributed by atoms with Gasteiger partial charge in [0.1, 0.15) is 5.69 Å². The number of carbonyl (C=O) groups excluding carboxylic acids is 1. The zero-order chi connectivity index (χ0) is 13.0. The molecule has 1 aliphatic rings. The number of nitrogens with zero attached hydrogens (tertiary/aromatic N) is 2. The van der Waals surface area contributed by atoms with Crippen LogP contribution in [0.25, 0.3) is 0 Å². The van der Waals surface area contributed by atoms with Crippen molar-refractivity contribution < 1.29 is 4.79 Å². The molecule has 0 aliphatic heterocycles. The Morgan fingerprint density at radius 2 is 2.22 bits per heavy atom. The van der Waals surface area contributed by atoms with E-state index in [1.54, 1.807) is 12.3 Å². The van der Waals surface area contributed by atoms with E-state index in [4.69, 9.17) is 0 Å². The minimum Gasteiger partial charge on any atom is -0.383 e. The summed E-state index contributed by atoms with van der Waals surface area (Å²) in [6.07, 6.45) is 3.89. The van der Waals surface area contributed by atoms with Gasteiger partial charge < -0.3 is 15.5 Å². The maximum atomic E-state index is 11.7. The third-order valence-electron chi connectivity index (χ3n) is 2.80. The van der Waals surface area contributed by atoms with E-state index in [0.29, 0.717) is 11.7 Å². The van der Waals surface area contributed by atoms with E-state index in [1.165, 1.54) is 0 Å². The van der Waals surface area contributed by atoms with E-state index >= 15 is 0 Å². The number of rotatable bonds is 6. The Kier molecular flexibility index (Phi) is 4.15. The lowest BCUT2D eigenvalue weighted by atomic mass is 10.3. The minimum atomic E-state index is -0.0719. The Balaban J connectivity index is 1.82. The Labute approximate surface area is 108 Å². The summed E-state index contributed by atoms with van der Waals surface area (Å²) in [7, 11) is 4.07. The third-order valence-corrected chi connectivity index (χ3v) is 2.80. The Morgan fingerprint density at radius 1 is 1.44 bits per heavy atom. The number of likely N-dealkylation sites (N-methyl/N-ethyl adjacent to an activating group) is 1. The molecular formula is C13H20N4O. The van der Waals surface area contributed by atoms with Gasteiger partial charge in [-0.2, -0.15) is 0 Å². The highest BCUT2D eigenvalue weighted by Crippen LogP contribution is 2.19. The number of carbonyl (C=O) groups is 1. The normalized spacial score (nSPS) is 14.6. The first-order valence-corrected chi connectivity index (χ1v) is 6.30. The maximum absolute atomic E-state index is 11.7. The number of amides is 1. The van der Waals surface area contributed by atoms with Crippen molar-refractivity contribution in [3.8, 4) is 0 Å². The molecule has 5 nitrogen and oxygen atoms in total. The first-order chi connectivity index (χ1) is 8.65. The monoisotopic (exact) mass is 248 g/mol. The van der Waals surface area contributed by atoms with E-state index in [2.05, 4.69) is 20.5 Å². The number of hydrogen-bond donors (Lipinski definition) is 2. The van der Waals surface area contributed by atoms with Gasteiger partial charge in [0.05, 0.1) is 11.9 Å². The van der Waals surface area contributed by atoms with Gasteiger partial charge in [-0.05, 0) is 39.1 Å². The van der Waals surface area contributed by atoms with Gasteiger partial charge in [-0.25, -0.2) is 4.98 Å². The minimum absolute atomic E-state index is 0.0719. The highest BCUT2D eigenvalue weighted by molar-refractivity contribution is 5.92. The molecule has 18 heavy (non-hydrogen) atoms. The van der Waals surface area contributed by atoms with Crippen LogP contribution in [0.3, 0.4) is 0 Å². The Hall–Kier alpha value is -1.62. The molecule has 0 radical (unpaired) electrons. The van der Waals surface area contributed by atoms with Gasteiger partial charge in [0.25, 0.3) is 5.91 Å². The molecule has 0 saturated heterocycles. The van der Waals surface area contributed by atoms with Crippen molar-refractivity contribution in [2.75, 3.05) is 32.5 Å². The van der Waals surface area contributed by atoms with Crippen LogP contribution in [-0.4, -0.2) is 49.0 Å². The van der Waals surface area contributed by atoms with E-state index in [0.717, 1.165) is 31.6 Å². The number of anilines is 1. The molecule has 0 spiro atoms. The first kappa shape index (κ1) is 12.8. The van der Waals surface area contributed by atoms with Gasteiger partial charge in [-0.15, -0.1) is 0 Å². The highest BCUT2D eigenvalue weighted by atomic mass is 16.2. The topological polar surface area (TPSA) is 57.3 Å². The molecule has 1 fully saturated rings. The Morgan fingerprint density at radius 3 is 2.78 bits per heavy atom. The first-order valence-electron chi connectivity index (χ1n) is 6.30. The van der Waals surface area contributed by atoms with Gasteiger partial charge in [-0.1, -0.05) is 0 Å². The molecule has 2 rings (SSSR count). The van der Waals surface area contributed by atoms with Crippen molar-refractivity contribution in [2.24, 2.45) is 0 Å². The molecule has 1 aliphatic carbocycles. The molecule has 1 heterocycles. The molecule has 0 aromatic carbocycles. The second-order valence-corrected chi connectivity index (χ2v) is 4.91. The van der Waals surface area contributed by atoms with E-state index in [1.807, 2.05) is 20.2 Å². The SMILES string of the molecule is CN(C)CCNc1ccc(C(=O)NC2CC2)nc1. The summed E-state index contributed by atoms with van der Waals surface area (Å²) in [5.41, 5.74) is 1.43. The summed E-state index contributed by atoms with van der Waals surface area (Å²) < 4.78 is 0. The van der Waals surface area contributed by atoms with Gasteiger partial charge in [0.2, 0.25) is 0 Å². The molecule has 0 bridgehead atoms. The van der Waals surface area contributed by atoms with Crippen LogP contribution in [0.4, 0.5) is 5.69 Å². The summed E-state index contributed by atoms with van der Waals surface area (Å²) in [5.74, 6) is -0.0719. The molecule has 1 aromatic rings. The average molecular weight is 248 g/mol.